The van der Waals surface area contributed by atoms with Crippen LogP contribution >= 0.6 is 0 Å². The van der Waals surface area contributed by atoms with Crippen molar-refractivity contribution in [3.05, 3.63) is 77.5 Å². The molecule has 0 fully saturated rings. The fourth-order valence-corrected chi connectivity index (χ4v) is 5.82. The van der Waals surface area contributed by atoms with Crippen LogP contribution in [0.1, 0.15) is 62.1 Å². The van der Waals surface area contributed by atoms with E-state index in [0.29, 0.717) is 12.4 Å². The highest BCUT2D eigenvalue weighted by molar-refractivity contribution is 5.95. The molecule has 0 radical (unpaired) electrons. The van der Waals surface area contributed by atoms with Crippen LogP contribution < -0.4 is 31.2 Å². The van der Waals surface area contributed by atoms with Crippen LogP contribution in [0.15, 0.2) is 60.8 Å². The van der Waals surface area contributed by atoms with Crippen LogP contribution in [0, 0.1) is 0 Å². The predicted octanol–water partition coefficient (Wildman–Crippen LogP) is 4.56. The third-order valence-electron chi connectivity index (χ3n) is 7.85. The maximum atomic E-state index is 11.1. The number of aryl methyl sites for hydroxylation is 3. The Labute approximate surface area is 244 Å². The highest BCUT2D eigenvalue weighted by atomic mass is 35.5. The van der Waals surface area contributed by atoms with Gasteiger partial charge in [-0.1, -0.05) is 69.4 Å². The van der Waals surface area contributed by atoms with E-state index in [-0.39, 0.29) is 18.2 Å². The molecule has 1 N–H and O–H groups in total. The lowest BCUT2D eigenvalue weighted by Crippen LogP contribution is -3.00. The zero-order valence-corrected chi connectivity index (χ0v) is 24.6. The predicted molar refractivity (Wildman–Crippen MR) is 156 cm³/mol. The van der Waals surface area contributed by atoms with Gasteiger partial charge in [-0.25, -0.2) is 0 Å². The summed E-state index contributed by atoms with van der Waals surface area (Å²) in [5, 5.41) is 13.3. The molecule has 2 heterocycles. The minimum absolute atomic E-state index is 0. The van der Waals surface area contributed by atoms with E-state index in [1.807, 2.05) is 48.5 Å². The smallest absolute Gasteiger partial charge is 0.216 e. The molecule has 0 aliphatic carbocycles. The van der Waals surface area contributed by atoms with E-state index in [9.17, 15) is 5.11 Å². The third kappa shape index (κ3) is 6.15. The Morgan fingerprint density at radius 3 is 2.38 bits per heavy atom. The average molecular weight is 562 g/mol. The first-order chi connectivity index (χ1) is 19.1. The number of pyridine rings is 1. The summed E-state index contributed by atoms with van der Waals surface area (Å²) in [7, 11) is 3.39. The van der Waals surface area contributed by atoms with E-state index in [1.54, 1.807) is 14.2 Å². The minimum atomic E-state index is 0. The summed E-state index contributed by atoms with van der Waals surface area (Å²) in [6, 6.07) is 18.2. The molecule has 0 unspecified atom stereocenters. The molecule has 0 amide bonds. The van der Waals surface area contributed by atoms with Gasteiger partial charge >= 0.3 is 0 Å². The molecule has 0 spiro atoms. The minimum Gasteiger partial charge on any atom is -1.00 e. The lowest BCUT2D eigenvalue weighted by Gasteiger charge is -2.22. The van der Waals surface area contributed by atoms with Crippen molar-refractivity contribution in [1.29, 1.82) is 0 Å². The van der Waals surface area contributed by atoms with Gasteiger partial charge in [0.05, 0.1) is 25.2 Å². The molecular formula is C34H40ClNO4. The summed E-state index contributed by atoms with van der Waals surface area (Å²) in [5.74, 6) is 2.23. The van der Waals surface area contributed by atoms with Crippen molar-refractivity contribution >= 4 is 10.8 Å². The molecule has 3 aromatic carbocycles. The van der Waals surface area contributed by atoms with Crippen molar-refractivity contribution in [2.75, 3.05) is 14.2 Å². The van der Waals surface area contributed by atoms with E-state index in [4.69, 9.17) is 14.2 Å². The molecule has 1 aromatic heterocycles. The number of phenols is 1. The number of methoxy groups -OCH3 is 2. The molecule has 1 aliphatic heterocycles. The number of fused-ring (bicyclic) bond motifs is 4. The number of benzene rings is 3. The zero-order chi connectivity index (χ0) is 27.2. The van der Waals surface area contributed by atoms with Gasteiger partial charge < -0.3 is 31.7 Å². The zero-order valence-electron chi connectivity index (χ0n) is 23.8. The van der Waals surface area contributed by atoms with E-state index in [0.717, 1.165) is 53.8 Å². The Morgan fingerprint density at radius 1 is 0.850 bits per heavy atom. The number of halogens is 1. The maximum Gasteiger partial charge on any atom is 0.216 e. The van der Waals surface area contributed by atoms with Gasteiger partial charge in [0.15, 0.2) is 35.7 Å². The summed E-state index contributed by atoms with van der Waals surface area (Å²) in [5.41, 5.74) is 5.87. The van der Waals surface area contributed by atoms with Gasteiger partial charge in [0, 0.05) is 17.4 Å². The number of aromatic nitrogens is 1. The van der Waals surface area contributed by atoms with Crippen LogP contribution in [0.3, 0.4) is 0 Å². The first-order valence-corrected chi connectivity index (χ1v) is 14.3. The molecule has 4 aromatic rings. The van der Waals surface area contributed by atoms with Crippen molar-refractivity contribution in [3.63, 3.8) is 0 Å². The molecule has 212 valence electrons. The highest BCUT2D eigenvalue weighted by Crippen LogP contribution is 2.42. The van der Waals surface area contributed by atoms with Crippen molar-refractivity contribution in [2.45, 2.75) is 71.4 Å². The first kappa shape index (κ1) is 29.5. The number of aromatic hydroxyl groups is 1. The monoisotopic (exact) mass is 561 g/mol. The number of unbranched alkanes of at least 4 members (excludes halogenated alkanes) is 5. The molecule has 1 aliphatic rings. The number of nitrogens with zero attached hydrogens (tertiary/aromatic N) is 1. The molecule has 5 rings (SSSR count). The summed E-state index contributed by atoms with van der Waals surface area (Å²) in [6.45, 7) is 3.53. The van der Waals surface area contributed by atoms with Crippen molar-refractivity contribution in [3.8, 4) is 34.3 Å². The molecule has 0 saturated carbocycles. The number of rotatable bonds is 12. The number of ether oxygens (including phenoxy) is 3. The Bertz CT molecular complexity index is 1440. The molecule has 0 bridgehead atoms. The summed E-state index contributed by atoms with van der Waals surface area (Å²) in [6.07, 6.45) is 11.5. The van der Waals surface area contributed by atoms with Gasteiger partial charge in [-0.3, -0.25) is 0 Å². The van der Waals surface area contributed by atoms with Crippen LogP contribution in [0.2, 0.25) is 0 Å². The fourth-order valence-electron chi connectivity index (χ4n) is 5.82. The number of hydrogen-bond acceptors (Lipinski definition) is 4. The van der Waals surface area contributed by atoms with Crippen LogP contribution in [-0.4, -0.2) is 19.3 Å². The third-order valence-corrected chi connectivity index (χ3v) is 7.85. The van der Waals surface area contributed by atoms with Gasteiger partial charge in [-0.05, 0) is 48.2 Å². The van der Waals surface area contributed by atoms with Gasteiger partial charge in [-0.2, -0.15) is 4.57 Å². The van der Waals surface area contributed by atoms with Gasteiger partial charge in [-0.15, -0.1) is 0 Å². The Morgan fingerprint density at radius 2 is 1.62 bits per heavy atom. The fraction of sp³-hybridized carbons (Fsp3) is 0.382. The Hall–Kier alpha value is -3.44. The largest absolute Gasteiger partial charge is 1.00 e. The molecule has 0 saturated heterocycles. The van der Waals surface area contributed by atoms with E-state index in [1.165, 1.54) is 54.3 Å². The second-order valence-electron chi connectivity index (χ2n) is 10.4. The Kier molecular flexibility index (Phi) is 10.2. The standard InChI is InChI=1S/C34H39NO4.ClH/c1-4-5-6-7-8-12-15-27-26-16-17-31(37-2)34(38-3)29(26)22-35-19-18-25-20-32(30(36)21-28(25)33(27)35)39-23-24-13-10-9-11-14-24;/h9-11,13-14,16-17,20-22H,4-8,12,15,18-19,23H2,1-3H3;1H. The summed E-state index contributed by atoms with van der Waals surface area (Å²) in [4.78, 5) is 0. The summed E-state index contributed by atoms with van der Waals surface area (Å²) >= 11 is 0. The summed E-state index contributed by atoms with van der Waals surface area (Å²) < 4.78 is 19.9. The van der Waals surface area contributed by atoms with Crippen LogP contribution in [0.25, 0.3) is 22.0 Å². The van der Waals surface area contributed by atoms with E-state index >= 15 is 0 Å². The van der Waals surface area contributed by atoms with Gasteiger partial charge in [0.25, 0.3) is 0 Å². The molecule has 0 atom stereocenters. The molecule has 40 heavy (non-hydrogen) atoms. The topological polar surface area (TPSA) is 51.8 Å². The van der Waals surface area contributed by atoms with Crippen LogP contribution in [-0.2, 0) is 26.0 Å². The molecule has 6 heteroatoms. The normalized spacial score (nSPS) is 11.9. The van der Waals surface area contributed by atoms with Crippen LogP contribution in [0.5, 0.6) is 23.0 Å². The molecule has 5 nitrogen and oxygen atoms in total. The van der Waals surface area contributed by atoms with Gasteiger partial charge in [0.1, 0.15) is 6.61 Å². The second kappa shape index (κ2) is 13.8. The average Bonchev–Trinajstić information content (AvgIpc) is 2.97. The lowest BCUT2D eigenvalue weighted by atomic mass is 9.89. The highest BCUT2D eigenvalue weighted by Gasteiger charge is 2.31. The van der Waals surface area contributed by atoms with Crippen molar-refractivity contribution in [2.24, 2.45) is 0 Å². The lowest BCUT2D eigenvalue weighted by molar-refractivity contribution is -0.686. The second-order valence-corrected chi connectivity index (χ2v) is 10.4. The molecular weight excluding hydrogens is 522 g/mol. The quantitative estimate of drug-likeness (QED) is 0.203. The van der Waals surface area contributed by atoms with E-state index < -0.39 is 0 Å². The van der Waals surface area contributed by atoms with Crippen molar-refractivity contribution < 1.29 is 36.3 Å². The first-order valence-electron chi connectivity index (χ1n) is 14.3. The van der Waals surface area contributed by atoms with Crippen LogP contribution in [0.4, 0.5) is 0 Å². The number of phenolic OH excluding ortho intramolecular Hbond substituents is 1. The SMILES string of the molecule is CCCCCCCCc1c2[n+](cc3c(OC)c(OC)ccc13)CCc1cc(OCc3ccccc3)c(O)cc1-2.[Cl-]. The van der Waals surface area contributed by atoms with Gasteiger partial charge in [0.2, 0.25) is 5.69 Å². The number of hydrogen-bond donors (Lipinski definition) is 1. The Balaban J connectivity index is 0.00000370. The van der Waals surface area contributed by atoms with E-state index in [2.05, 4.69) is 23.8 Å². The maximum absolute atomic E-state index is 11.1. The van der Waals surface area contributed by atoms with Crippen molar-refractivity contribution in [1.82, 2.24) is 0 Å².